The number of esters is 1. The monoisotopic (exact) mass is 268 g/mol. The van der Waals surface area contributed by atoms with Crippen molar-refractivity contribution in [2.45, 2.75) is 20.3 Å². The van der Waals surface area contributed by atoms with Crippen LogP contribution in [0.1, 0.15) is 20.3 Å². The predicted molar refractivity (Wildman–Crippen MR) is 64.1 cm³/mol. The standard InChI is InChI=1S/C11H12N2O6/c1-7-3-9(6-19-8(2)14)4-10(12(15)16)5-11(7)13(17)18/h3-4H,5-6H2,1-2H3. The second-order valence-electron chi connectivity index (χ2n) is 3.96. The maximum absolute atomic E-state index is 10.8. The molecule has 1 aliphatic rings. The van der Waals surface area contributed by atoms with Gasteiger partial charge in [0.1, 0.15) is 13.0 Å². The third-order valence-corrected chi connectivity index (χ3v) is 2.45. The third-order valence-electron chi connectivity index (χ3n) is 2.45. The molecular formula is C11H12N2O6. The van der Waals surface area contributed by atoms with Gasteiger partial charge in [0, 0.05) is 18.6 Å². The number of rotatable bonds is 4. The van der Waals surface area contributed by atoms with Crippen LogP contribution in [-0.4, -0.2) is 22.4 Å². The number of nitrogens with zero attached hydrogens (tertiary/aromatic N) is 2. The van der Waals surface area contributed by atoms with E-state index in [0.717, 1.165) is 0 Å². The SMILES string of the molecule is CC(=O)OCC1=CC(C)=C([N+](=O)[O-])CC([N+](=O)[O-])=C1. The van der Waals surface area contributed by atoms with Crippen LogP contribution in [0.2, 0.25) is 0 Å². The van der Waals surface area contributed by atoms with Crippen molar-refractivity contribution >= 4 is 5.97 Å². The molecule has 0 aliphatic heterocycles. The van der Waals surface area contributed by atoms with Gasteiger partial charge in [-0.1, -0.05) is 0 Å². The second kappa shape index (κ2) is 5.89. The molecule has 1 rings (SSSR count). The largest absolute Gasteiger partial charge is 0.461 e. The molecule has 0 aromatic carbocycles. The average Bonchev–Trinajstić information content (AvgIpc) is 2.45. The Morgan fingerprint density at radius 3 is 2.42 bits per heavy atom. The van der Waals surface area contributed by atoms with Crippen LogP contribution in [0.4, 0.5) is 0 Å². The van der Waals surface area contributed by atoms with Crippen molar-refractivity contribution in [2.75, 3.05) is 6.61 Å². The smallest absolute Gasteiger partial charge is 0.302 e. The maximum atomic E-state index is 10.8. The highest BCUT2D eigenvalue weighted by molar-refractivity contribution is 5.66. The van der Waals surface area contributed by atoms with Crippen molar-refractivity contribution in [3.63, 3.8) is 0 Å². The molecule has 0 bridgehead atoms. The molecule has 0 spiro atoms. The van der Waals surface area contributed by atoms with Crippen molar-refractivity contribution in [3.05, 3.63) is 54.9 Å². The van der Waals surface area contributed by atoms with E-state index in [0.29, 0.717) is 11.1 Å². The Kier molecular flexibility index (Phi) is 4.51. The topological polar surface area (TPSA) is 113 Å². The van der Waals surface area contributed by atoms with Gasteiger partial charge in [-0.3, -0.25) is 25.0 Å². The lowest BCUT2D eigenvalue weighted by molar-refractivity contribution is -0.450. The average molecular weight is 268 g/mol. The lowest BCUT2D eigenvalue weighted by Crippen LogP contribution is -2.07. The first-order valence-electron chi connectivity index (χ1n) is 5.34. The molecule has 0 aromatic heterocycles. The number of hydrogen-bond acceptors (Lipinski definition) is 6. The van der Waals surface area contributed by atoms with Gasteiger partial charge >= 0.3 is 5.97 Å². The number of allylic oxidation sites excluding steroid dienone is 2. The van der Waals surface area contributed by atoms with Crippen LogP contribution in [-0.2, 0) is 9.53 Å². The Balaban J connectivity index is 3.15. The Morgan fingerprint density at radius 1 is 1.32 bits per heavy atom. The summed E-state index contributed by atoms with van der Waals surface area (Å²) in [6.45, 7) is 2.54. The molecule has 0 atom stereocenters. The molecule has 0 fully saturated rings. The van der Waals surface area contributed by atoms with Gasteiger partial charge in [-0.25, -0.2) is 0 Å². The summed E-state index contributed by atoms with van der Waals surface area (Å²) in [5.41, 5.74) is 0.110. The maximum Gasteiger partial charge on any atom is 0.302 e. The zero-order valence-corrected chi connectivity index (χ0v) is 10.4. The summed E-state index contributed by atoms with van der Waals surface area (Å²) in [5, 5.41) is 21.7. The normalized spacial score (nSPS) is 15.3. The van der Waals surface area contributed by atoms with E-state index in [9.17, 15) is 25.0 Å². The Hall–Kier alpha value is -2.51. The Morgan fingerprint density at radius 2 is 1.95 bits per heavy atom. The minimum atomic E-state index is -0.677. The van der Waals surface area contributed by atoms with E-state index in [-0.39, 0.29) is 24.4 Å². The van der Waals surface area contributed by atoms with Gasteiger partial charge in [-0.2, -0.15) is 0 Å². The highest BCUT2D eigenvalue weighted by atomic mass is 16.6. The number of ether oxygens (including phenoxy) is 1. The van der Waals surface area contributed by atoms with Crippen molar-refractivity contribution in [3.8, 4) is 0 Å². The third kappa shape index (κ3) is 4.02. The summed E-state index contributed by atoms with van der Waals surface area (Å²) < 4.78 is 4.74. The first-order valence-corrected chi connectivity index (χ1v) is 5.34. The van der Waals surface area contributed by atoms with Crippen LogP contribution in [0, 0.1) is 20.2 Å². The van der Waals surface area contributed by atoms with Gasteiger partial charge in [-0.15, -0.1) is 0 Å². The molecule has 8 heteroatoms. The lowest BCUT2D eigenvalue weighted by Gasteiger charge is -2.01. The highest BCUT2D eigenvalue weighted by Gasteiger charge is 2.26. The van der Waals surface area contributed by atoms with Crippen molar-refractivity contribution in [1.82, 2.24) is 0 Å². The fraction of sp³-hybridized carbons (Fsp3) is 0.364. The lowest BCUT2D eigenvalue weighted by atomic mass is 10.1. The molecule has 0 saturated carbocycles. The first kappa shape index (κ1) is 14.6. The Labute approximate surface area is 108 Å². The highest BCUT2D eigenvalue weighted by Crippen LogP contribution is 2.23. The van der Waals surface area contributed by atoms with E-state index in [2.05, 4.69) is 0 Å². The summed E-state index contributed by atoms with van der Waals surface area (Å²) in [5.74, 6) is -0.530. The van der Waals surface area contributed by atoms with Gasteiger partial charge in [0.05, 0.1) is 9.85 Å². The van der Waals surface area contributed by atoms with Gasteiger partial charge < -0.3 is 4.74 Å². The van der Waals surface area contributed by atoms with Crippen molar-refractivity contribution in [1.29, 1.82) is 0 Å². The quantitative estimate of drug-likeness (QED) is 0.434. The zero-order chi connectivity index (χ0) is 14.6. The van der Waals surface area contributed by atoms with Crippen LogP contribution in [0.15, 0.2) is 34.7 Å². The van der Waals surface area contributed by atoms with Crippen LogP contribution >= 0.6 is 0 Å². The molecule has 102 valence electrons. The summed E-state index contributed by atoms with van der Waals surface area (Å²) in [6, 6.07) is 0. The van der Waals surface area contributed by atoms with E-state index < -0.39 is 15.8 Å². The van der Waals surface area contributed by atoms with Crippen LogP contribution in [0.3, 0.4) is 0 Å². The van der Waals surface area contributed by atoms with Crippen LogP contribution in [0.25, 0.3) is 0 Å². The van der Waals surface area contributed by atoms with Crippen molar-refractivity contribution in [2.24, 2.45) is 0 Å². The fourth-order valence-corrected chi connectivity index (χ4v) is 1.57. The van der Waals surface area contributed by atoms with Gasteiger partial charge in [0.2, 0.25) is 0 Å². The van der Waals surface area contributed by atoms with Gasteiger partial charge in [0.15, 0.2) is 0 Å². The van der Waals surface area contributed by atoms with Gasteiger partial charge in [-0.05, 0) is 18.6 Å². The first-order chi connectivity index (χ1) is 8.81. The van der Waals surface area contributed by atoms with E-state index in [1.807, 2.05) is 0 Å². The summed E-state index contributed by atoms with van der Waals surface area (Å²) >= 11 is 0. The van der Waals surface area contributed by atoms with Crippen LogP contribution < -0.4 is 0 Å². The zero-order valence-electron chi connectivity index (χ0n) is 10.4. The number of carbonyl (C=O) groups excluding carboxylic acids is 1. The number of hydrogen-bond donors (Lipinski definition) is 0. The molecule has 8 nitrogen and oxygen atoms in total. The fourth-order valence-electron chi connectivity index (χ4n) is 1.57. The molecule has 0 heterocycles. The molecular weight excluding hydrogens is 256 g/mol. The molecule has 0 saturated heterocycles. The second-order valence-corrected chi connectivity index (χ2v) is 3.96. The molecule has 0 amide bonds. The van der Waals surface area contributed by atoms with E-state index in [1.54, 1.807) is 0 Å². The predicted octanol–water partition coefficient (Wildman–Crippen LogP) is 1.59. The van der Waals surface area contributed by atoms with E-state index in [1.165, 1.54) is 26.0 Å². The summed E-state index contributed by atoms with van der Waals surface area (Å²) in [7, 11) is 0. The minimum absolute atomic E-state index is 0.158. The molecule has 19 heavy (non-hydrogen) atoms. The molecule has 0 aromatic rings. The van der Waals surface area contributed by atoms with Crippen molar-refractivity contribution < 1.29 is 19.4 Å². The molecule has 1 aliphatic carbocycles. The van der Waals surface area contributed by atoms with Crippen LogP contribution in [0.5, 0.6) is 0 Å². The number of nitro groups is 2. The number of carbonyl (C=O) groups is 1. The molecule has 0 radical (unpaired) electrons. The van der Waals surface area contributed by atoms with E-state index >= 15 is 0 Å². The summed E-state index contributed by atoms with van der Waals surface area (Å²) in [6.07, 6.45) is 2.24. The molecule has 0 N–H and O–H groups in total. The summed E-state index contributed by atoms with van der Waals surface area (Å²) in [4.78, 5) is 31.1. The minimum Gasteiger partial charge on any atom is -0.461 e. The molecule has 0 unspecified atom stereocenters. The van der Waals surface area contributed by atoms with Gasteiger partial charge in [0.25, 0.3) is 11.4 Å². The Bertz CT molecular complexity index is 529. The van der Waals surface area contributed by atoms with E-state index in [4.69, 9.17) is 4.74 Å².